The summed E-state index contributed by atoms with van der Waals surface area (Å²) in [6, 6.07) is 7.18. The molecule has 0 aromatic heterocycles. The van der Waals surface area contributed by atoms with Crippen LogP contribution in [0.3, 0.4) is 0 Å². The zero-order valence-corrected chi connectivity index (χ0v) is 16.3. The Morgan fingerprint density at radius 2 is 1.81 bits per heavy atom. The van der Waals surface area contributed by atoms with E-state index in [0.29, 0.717) is 42.2 Å². The van der Waals surface area contributed by atoms with Crippen LogP contribution in [0.4, 0.5) is 4.39 Å². The lowest BCUT2D eigenvalue weighted by Gasteiger charge is -2.34. The second-order valence-electron chi connectivity index (χ2n) is 7.77. The molecule has 1 saturated heterocycles. The van der Waals surface area contributed by atoms with Crippen molar-refractivity contribution in [3.8, 4) is 0 Å². The number of carbonyl (C=O) groups excluding carboxylic acids is 1. The van der Waals surface area contributed by atoms with Gasteiger partial charge in [-0.25, -0.2) is 4.39 Å². The normalized spacial score (nSPS) is 21.4. The Bertz CT molecular complexity index is 777. The number of likely N-dealkylation sites (N-methyl/N-ethyl adjacent to an activating group) is 1. The first-order chi connectivity index (χ1) is 13.0. The third kappa shape index (κ3) is 4.13. The molecule has 1 N–H and O–H groups in total. The number of carbonyl (C=O) groups is 1. The topological polar surface area (TPSA) is 35.6 Å². The van der Waals surface area contributed by atoms with Gasteiger partial charge >= 0.3 is 0 Å². The minimum atomic E-state index is -0.209. The Morgan fingerprint density at radius 1 is 1.15 bits per heavy atom. The van der Waals surface area contributed by atoms with Crippen molar-refractivity contribution in [1.82, 2.24) is 15.1 Å². The lowest BCUT2D eigenvalue weighted by molar-refractivity contribution is -0.128. The van der Waals surface area contributed by atoms with Gasteiger partial charge in [-0.2, -0.15) is 0 Å². The van der Waals surface area contributed by atoms with Crippen LogP contribution in [-0.2, 0) is 4.79 Å². The van der Waals surface area contributed by atoms with Crippen LogP contribution in [0, 0.1) is 5.82 Å². The molecule has 0 unspecified atom stereocenters. The summed E-state index contributed by atoms with van der Waals surface area (Å²) >= 11 is 6.48. The van der Waals surface area contributed by atoms with Crippen LogP contribution >= 0.6 is 11.6 Å². The van der Waals surface area contributed by atoms with E-state index in [9.17, 15) is 9.18 Å². The Balaban J connectivity index is 1.44. The monoisotopic (exact) mass is 389 g/mol. The van der Waals surface area contributed by atoms with E-state index in [2.05, 4.69) is 5.32 Å². The molecule has 6 heteroatoms. The molecule has 2 aliphatic heterocycles. The van der Waals surface area contributed by atoms with Crippen LogP contribution in [-0.4, -0.2) is 48.4 Å². The predicted octanol–water partition coefficient (Wildman–Crippen LogP) is 3.56. The van der Waals surface area contributed by atoms with E-state index in [-0.39, 0.29) is 11.7 Å². The average molecular weight is 390 g/mol. The van der Waals surface area contributed by atoms with Gasteiger partial charge in [0.15, 0.2) is 0 Å². The van der Waals surface area contributed by atoms with Gasteiger partial charge in [0.05, 0.1) is 22.8 Å². The van der Waals surface area contributed by atoms with Crippen LogP contribution in [0.15, 0.2) is 46.8 Å². The Kier molecular flexibility index (Phi) is 5.13. The molecule has 1 aromatic carbocycles. The van der Waals surface area contributed by atoms with Crippen molar-refractivity contribution in [2.24, 2.45) is 0 Å². The highest BCUT2D eigenvalue weighted by Gasteiger charge is 2.32. The van der Waals surface area contributed by atoms with Gasteiger partial charge < -0.3 is 15.1 Å². The highest BCUT2D eigenvalue weighted by Crippen LogP contribution is 2.32. The Morgan fingerprint density at radius 3 is 2.44 bits per heavy atom. The highest BCUT2D eigenvalue weighted by atomic mass is 35.5. The molecule has 1 aromatic rings. The smallest absolute Gasteiger partial charge is 0.257 e. The third-order valence-electron chi connectivity index (χ3n) is 5.56. The minimum Gasteiger partial charge on any atom is -0.381 e. The van der Waals surface area contributed by atoms with Crippen molar-refractivity contribution in [3.05, 3.63) is 58.1 Å². The first-order valence-corrected chi connectivity index (χ1v) is 10.0. The highest BCUT2D eigenvalue weighted by molar-refractivity contribution is 6.31. The Labute approximate surface area is 164 Å². The predicted molar refractivity (Wildman–Crippen MR) is 105 cm³/mol. The number of likely N-dealkylation sites (tertiary alicyclic amines) is 1. The molecule has 1 saturated carbocycles. The summed E-state index contributed by atoms with van der Waals surface area (Å²) in [5, 5.41) is 4.15. The van der Waals surface area contributed by atoms with Crippen LogP contribution in [0.5, 0.6) is 0 Å². The third-order valence-corrected chi connectivity index (χ3v) is 5.87. The van der Waals surface area contributed by atoms with Crippen molar-refractivity contribution in [2.45, 2.75) is 37.6 Å². The van der Waals surface area contributed by atoms with E-state index in [1.165, 1.54) is 12.1 Å². The lowest BCUT2D eigenvalue weighted by Crippen LogP contribution is -2.41. The van der Waals surface area contributed by atoms with Crippen molar-refractivity contribution < 1.29 is 9.18 Å². The number of hydrogen-bond acceptors (Lipinski definition) is 3. The van der Waals surface area contributed by atoms with Crippen molar-refractivity contribution >= 4 is 17.5 Å². The zero-order valence-electron chi connectivity index (χ0n) is 15.5. The van der Waals surface area contributed by atoms with Crippen LogP contribution in [0.2, 0.25) is 0 Å². The van der Waals surface area contributed by atoms with E-state index in [0.717, 1.165) is 36.9 Å². The number of halogens is 2. The first-order valence-electron chi connectivity index (χ1n) is 9.63. The number of rotatable bonds is 4. The van der Waals surface area contributed by atoms with Gasteiger partial charge in [-0.05, 0) is 49.3 Å². The number of nitrogens with one attached hydrogen (secondary N) is 1. The lowest BCUT2D eigenvalue weighted by atomic mass is 9.89. The fraction of sp³-hybridized carbons (Fsp3) is 0.476. The molecule has 144 valence electrons. The van der Waals surface area contributed by atoms with E-state index < -0.39 is 0 Å². The van der Waals surface area contributed by atoms with Gasteiger partial charge in [0, 0.05) is 32.4 Å². The number of amides is 1. The standard InChI is InChI=1S/C21H25ClFN3O/c1-25-12-18(20(19(22)13-25)24-17-6-7-17)21(27)26-10-8-15(9-11-26)14-2-4-16(23)5-3-14/h2-5,12,15,17,24H,6-11,13H2,1H3. The minimum absolute atomic E-state index is 0.0420. The van der Waals surface area contributed by atoms with Crippen LogP contribution < -0.4 is 5.32 Å². The van der Waals surface area contributed by atoms with E-state index in [1.807, 2.05) is 35.2 Å². The van der Waals surface area contributed by atoms with Crippen LogP contribution in [0.25, 0.3) is 0 Å². The van der Waals surface area contributed by atoms with E-state index in [1.54, 1.807) is 0 Å². The van der Waals surface area contributed by atoms with E-state index >= 15 is 0 Å². The molecule has 27 heavy (non-hydrogen) atoms. The van der Waals surface area contributed by atoms with Crippen molar-refractivity contribution in [3.63, 3.8) is 0 Å². The molecule has 4 nitrogen and oxygen atoms in total. The largest absolute Gasteiger partial charge is 0.381 e. The molecule has 3 aliphatic rings. The van der Waals surface area contributed by atoms with Crippen molar-refractivity contribution in [1.29, 1.82) is 0 Å². The summed E-state index contributed by atoms with van der Waals surface area (Å²) in [5.41, 5.74) is 2.63. The summed E-state index contributed by atoms with van der Waals surface area (Å²) in [6.07, 6.45) is 5.96. The number of piperidine rings is 1. The molecular weight excluding hydrogens is 365 g/mol. The Hall–Kier alpha value is -2.01. The SMILES string of the molecule is CN1C=C(C(=O)N2CCC(c3ccc(F)cc3)CC2)C(NC2CC2)=C(Cl)C1. The summed E-state index contributed by atoms with van der Waals surface area (Å²) in [5.74, 6) is 0.209. The van der Waals surface area contributed by atoms with Crippen molar-refractivity contribution in [2.75, 3.05) is 26.7 Å². The number of nitrogens with zero attached hydrogens (tertiary/aromatic N) is 2. The summed E-state index contributed by atoms with van der Waals surface area (Å²) in [6.45, 7) is 2.03. The number of benzene rings is 1. The molecule has 0 bridgehead atoms. The average Bonchev–Trinajstić information content (AvgIpc) is 3.48. The fourth-order valence-corrected chi connectivity index (χ4v) is 4.19. The van der Waals surface area contributed by atoms with Gasteiger partial charge in [-0.3, -0.25) is 4.79 Å². The second-order valence-corrected chi connectivity index (χ2v) is 8.23. The van der Waals surface area contributed by atoms with Gasteiger partial charge in [0.1, 0.15) is 5.82 Å². The molecule has 0 spiro atoms. The summed E-state index contributed by atoms with van der Waals surface area (Å²) in [4.78, 5) is 17.1. The van der Waals surface area contributed by atoms with Gasteiger partial charge in [0.2, 0.25) is 0 Å². The van der Waals surface area contributed by atoms with Gasteiger partial charge in [-0.1, -0.05) is 23.7 Å². The zero-order chi connectivity index (χ0) is 19.0. The molecule has 2 heterocycles. The van der Waals surface area contributed by atoms with Gasteiger partial charge in [0.25, 0.3) is 5.91 Å². The maximum Gasteiger partial charge on any atom is 0.257 e. The second kappa shape index (κ2) is 7.55. The molecular formula is C21H25ClFN3O. The molecule has 1 amide bonds. The summed E-state index contributed by atoms with van der Waals surface area (Å²) in [7, 11) is 1.93. The van der Waals surface area contributed by atoms with Gasteiger partial charge in [-0.15, -0.1) is 0 Å². The first kappa shape index (κ1) is 18.4. The maximum absolute atomic E-state index is 13.2. The molecule has 0 atom stereocenters. The van der Waals surface area contributed by atoms with E-state index in [4.69, 9.17) is 11.6 Å². The molecule has 4 rings (SSSR count). The quantitative estimate of drug-likeness (QED) is 0.855. The van der Waals surface area contributed by atoms with Crippen LogP contribution in [0.1, 0.15) is 37.2 Å². The molecule has 1 aliphatic carbocycles. The molecule has 0 radical (unpaired) electrons. The summed E-state index contributed by atoms with van der Waals surface area (Å²) < 4.78 is 13.1. The number of hydrogen-bond donors (Lipinski definition) is 1. The molecule has 2 fully saturated rings. The maximum atomic E-state index is 13.2. The fourth-order valence-electron chi connectivity index (χ4n) is 3.85.